The lowest BCUT2D eigenvalue weighted by atomic mass is 9.86. The molecule has 0 N–H and O–H groups in total. The Bertz CT molecular complexity index is 185. The molecule has 0 atom stereocenters. The SMILES string of the molecule is O=[SH](=O)CCCCC1CCCCC1. The van der Waals surface area contributed by atoms with Crippen molar-refractivity contribution in [2.75, 3.05) is 5.75 Å². The molecule has 1 aliphatic rings. The summed E-state index contributed by atoms with van der Waals surface area (Å²) in [6, 6.07) is 0. The van der Waals surface area contributed by atoms with Crippen molar-refractivity contribution in [1.82, 2.24) is 0 Å². The molecule has 0 aromatic heterocycles. The van der Waals surface area contributed by atoms with Crippen molar-refractivity contribution < 1.29 is 8.42 Å². The van der Waals surface area contributed by atoms with Gasteiger partial charge in [0.25, 0.3) is 0 Å². The van der Waals surface area contributed by atoms with Gasteiger partial charge in [-0.3, -0.25) is 0 Å². The number of hydrogen-bond donors (Lipinski definition) is 1. The van der Waals surface area contributed by atoms with Crippen molar-refractivity contribution >= 4 is 10.7 Å². The van der Waals surface area contributed by atoms with Gasteiger partial charge in [-0.2, -0.15) is 0 Å². The van der Waals surface area contributed by atoms with Gasteiger partial charge in [0.1, 0.15) is 10.7 Å². The van der Waals surface area contributed by atoms with Crippen LogP contribution in [0, 0.1) is 5.92 Å². The van der Waals surface area contributed by atoms with E-state index in [0.717, 1.165) is 18.8 Å². The van der Waals surface area contributed by atoms with Crippen LogP contribution in [0.3, 0.4) is 0 Å². The molecule has 0 aliphatic heterocycles. The zero-order valence-corrected chi connectivity index (χ0v) is 9.10. The van der Waals surface area contributed by atoms with E-state index in [0.29, 0.717) is 5.75 Å². The van der Waals surface area contributed by atoms with Gasteiger partial charge in [-0.05, 0) is 12.3 Å². The van der Waals surface area contributed by atoms with Crippen LogP contribution >= 0.6 is 0 Å². The maximum absolute atomic E-state index is 10.3. The summed E-state index contributed by atoms with van der Waals surface area (Å²) in [6.45, 7) is 0. The highest BCUT2D eigenvalue weighted by Crippen LogP contribution is 2.27. The molecule has 0 unspecified atom stereocenters. The summed E-state index contributed by atoms with van der Waals surface area (Å²) in [5.74, 6) is 1.29. The van der Waals surface area contributed by atoms with Gasteiger partial charge in [0.05, 0.1) is 0 Å². The second kappa shape index (κ2) is 6.41. The average molecular weight is 204 g/mol. The van der Waals surface area contributed by atoms with E-state index in [1.165, 1.54) is 38.5 Å². The van der Waals surface area contributed by atoms with Crippen LogP contribution in [0.25, 0.3) is 0 Å². The van der Waals surface area contributed by atoms with Gasteiger partial charge in [0.15, 0.2) is 0 Å². The fraction of sp³-hybridized carbons (Fsp3) is 1.00. The standard InChI is InChI=1S/C10H20O2S/c11-13(12)9-5-4-8-10-6-2-1-3-7-10/h10,13H,1-9H2. The monoisotopic (exact) mass is 204 g/mol. The largest absolute Gasteiger partial charge is 0.232 e. The van der Waals surface area contributed by atoms with Gasteiger partial charge in [-0.1, -0.05) is 44.9 Å². The summed E-state index contributed by atoms with van der Waals surface area (Å²) in [7, 11) is -2.13. The molecule has 0 radical (unpaired) electrons. The topological polar surface area (TPSA) is 34.1 Å². The van der Waals surface area contributed by atoms with Crippen molar-refractivity contribution in [2.24, 2.45) is 5.92 Å². The van der Waals surface area contributed by atoms with E-state index < -0.39 is 10.7 Å². The molecule has 0 aromatic rings. The number of rotatable bonds is 5. The minimum atomic E-state index is -2.13. The molecule has 78 valence electrons. The Labute approximate surface area is 82.7 Å². The molecule has 2 nitrogen and oxygen atoms in total. The molecule has 3 heteroatoms. The van der Waals surface area contributed by atoms with Crippen LogP contribution in [0.15, 0.2) is 0 Å². The summed E-state index contributed by atoms with van der Waals surface area (Å²) in [5, 5.41) is 0. The lowest BCUT2D eigenvalue weighted by molar-refractivity contribution is 0.331. The predicted octanol–water partition coefficient (Wildman–Crippen LogP) is 2.35. The minimum absolute atomic E-state index is 0.391. The molecule has 0 saturated heterocycles. The first-order valence-electron chi connectivity index (χ1n) is 5.41. The van der Waals surface area contributed by atoms with E-state index in [4.69, 9.17) is 0 Å². The predicted molar refractivity (Wildman–Crippen MR) is 55.6 cm³/mol. The zero-order valence-electron chi connectivity index (χ0n) is 8.21. The van der Waals surface area contributed by atoms with Gasteiger partial charge in [-0.15, -0.1) is 0 Å². The summed E-state index contributed by atoms with van der Waals surface area (Å²) in [6.07, 6.45) is 10.2. The second-order valence-corrected chi connectivity index (χ2v) is 5.17. The Morgan fingerprint density at radius 3 is 2.31 bits per heavy atom. The highest BCUT2D eigenvalue weighted by atomic mass is 32.2. The van der Waals surface area contributed by atoms with Gasteiger partial charge in [0, 0.05) is 5.75 Å². The number of thiol groups is 1. The highest BCUT2D eigenvalue weighted by molar-refractivity contribution is 7.72. The molecule has 1 rings (SSSR count). The quantitative estimate of drug-likeness (QED) is 0.551. The molecule has 0 bridgehead atoms. The summed E-state index contributed by atoms with van der Waals surface area (Å²) in [4.78, 5) is 0. The van der Waals surface area contributed by atoms with Gasteiger partial charge < -0.3 is 0 Å². The smallest absolute Gasteiger partial charge is 0.140 e. The second-order valence-electron chi connectivity index (χ2n) is 4.06. The summed E-state index contributed by atoms with van der Waals surface area (Å²) < 4.78 is 20.6. The third-order valence-electron chi connectivity index (χ3n) is 2.93. The number of hydrogen-bond acceptors (Lipinski definition) is 2. The van der Waals surface area contributed by atoms with E-state index >= 15 is 0 Å². The van der Waals surface area contributed by atoms with E-state index in [1.54, 1.807) is 0 Å². The molecule has 1 saturated carbocycles. The average Bonchev–Trinajstić information content (AvgIpc) is 2.14. The Morgan fingerprint density at radius 1 is 1.00 bits per heavy atom. The third kappa shape index (κ3) is 5.29. The Morgan fingerprint density at radius 2 is 1.69 bits per heavy atom. The van der Waals surface area contributed by atoms with Gasteiger partial charge in [0.2, 0.25) is 0 Å². The molecule has 0 heterocycles. The van der Waals surface area contributed by atoms with E-state index in [2.05, 4.69) is 0 Å². The van der Waals surface area contributed by atoms with Crippen LogP contribution in [0.5, 0.6) is 0 Å². The van der Waals surface area contributed by atoms with E-state index in [9.17, 15) is 8.42 Å². The Hall–Kier alpha value is -0.0500. The summed E-state index contributed by atoms with van der Waals surface area (Å²) in [5.41, 5.74) is 0. The lowest BCUT2D eigenvalue weighted by Gasteiger charge is -2.20. The van der Waals surface area contributed by atoms with Crippen LogP contribution in [-0.2, 0) is 10.7 Å². The molecular formula is C10H20O2S. The van der Waals surface area contributed by atoms with Crippen LogP contribution in [-0.4, -0.2) is 14.2 Å². The van der Waals surface area contributed by atoms with E-state index in [-0.39, 0.29) is 0 Å². The molecule has 0 spiro atoms. The molecule has 1 fully saturated rings. The maximum Gasteiger partial charge on any atom is 0.140 e. The van der Waals surface area contributed by atoms with Crippen molar-refractivity contribution in [2.45, 2.75) is 51.4 Å². The Kier molecular flexibility index (Phi) is 5.44. The first kappa shape index (κ1) is 11.0. The lowest BCUT2D eigenvalue weighted by Crippen LogP contribution is -2.06. The fourth-order valence-corrected chi connectivity index (χ4v) is 2.63. The van der Waals surface area contributed by atoms with Crippen molar-refractivity contribution in [3.8, 4) is 0 Å². The Balaban J connectivity index is 1.98. The normalized spacial score (nSPS) is 19.5. The van der Waals surface area contributed by atoms with Gasteiger partial charge >= 0.3 is 0 Å². The van der Waals surface area contributed by atoms with Crippen LogP contribution in [0.1, 0.15) is 51.4 Å². The first-order valence-corrected chi connectivity index (χ1v) is 6.77. The van der Waals surface area contributed by atoms with Crippen LogP contribution in [0.2, 0.25) is 0 Å². The van der Waals surface area contributed by atoms with E-state index in [1.807, 2.05) is 0 Å². The summed E-state index contributed by atoms with van der Waals surface area (Å²) >= 11 is 0. The third-order valence-corrected chi connectivity index (χ3v) is 3.61. The molecule has 13 heavy (non-hydrogen) atoms. The number of unbranched alkanes of at least 4 members (excludes halogenated alkanes) is 1. The zero-order chi connectivity index (χ0) is 9.52. The van der Waals surface area contributed by atoms with Crippen molar-refractivity contribution in [3.05, 3.63) is 0 Å². The van der Waals surface area contributed by atoms with Crippen molar-refractivity contribution in [3.63, 3.8) is 0 Å². The van der Waals surface area contributed by atoms with Crippen molar-refractivity contribution in [1.29, 1.82) is 0 Å². The van der Waals surface area contributed by atoms with Gasteiger partial charge in [-0.25, -0.2) is 8.42 Å². The molecule has 0 aromatic carbocycles. The minimum Gasteiger partial charge on any atom is -0.232 e. The fourth-order valence-electron chi connectivity index (χ4n) is 2.15. The highest BCUT2D eigenvalue weighted by Gasteiger charge is 2.12. The first-order chi connectivity index (χ1) is 6.29. The van der Waals surface area contributed by atoms with Crippen LogP contribution < -0.4 is 0 Å². The molecule has 1 aliphatic carbocycles. The molecular weight excluding hydrogens is 184 g/mol. The molecule has 0 amide bonds. The van der Waals surface area contributed by atoms with Crippen LogP contribution in [0.4, 0.5) is 0 Å². The maximum atomic E-state index is 10.3.